The Morgan fingerprint density at radius 2 is 2.00 bits per heavy atom. The van der Waals surface area contributed by atoms with Gasteiger partial charge in [0.05, 0.1) is 11.6 Å². The first-order valence-electron chi connectivity index (χ1n) is 8.13. The second-order valence-electron chi connectivity index (χ2n) is 6.91. The molecular formula is C17H23N3O6. The Morgan fingerprint density at radius 1 is 1.31 bits per heavy atom. The van der Waals surface area contributed by atoms with Crippen molar-refractivity contribution in [1.82, 2.24) is 15.5 Å². The van der Waals surface area contributed by atoms with Crippen molar-refractivity contribution >= 4 is 23.0 Å². The molecule has 0 aliphatic heterocycles. The lowest BCUT2D eigenvalue weighted by atomic mass is 10.00. The molecule has 0 fully saturated rings. The van der Waals surface area contributed by atoms with Gasteiger partial charge in [0.2, 0.25) is 0 Å². The minimum absolute atomic E-state index is 0.0929. The standard InChI is InChI=1S/C17H23N3O6/c1-17(2,3)26-16(25)18-7-6-12(21)14(22)9-4-5-11-10(8-9)13(15(23)24)20-19-11/h4-5,8,12,14,21-22H,6-7H2,1-3H3,(H,18,25)(H,19,20)(H,23,24). The molecule has 0 aliphatic rings. The number of carboxylic acid groups (broad SMARTS) is 1. The van der Waals surface area contributed by atoms with E-state index in [4.69, 9.17) is 9.84 Å². The average Bonchev–Trinajstić information content (AvgIpc) is 2.95. The van der Waals surface area contributed by atoms with E-state index in [1.165, 1.54) is 6.07 Å². The number of hydrogen-bond donors (Lipinski definition) is 5. The predicted molar refractivity (Wildman–Crippen MR) is 92.9 cm³/mol. The van der Waals surface area contributed by atoms with Gasteiger partial charge in [-0.25, -0.2) is 9.59 Å². The molecule has 0 aliphatic carbocycles. The maximum absolute atomic E-state index is 11.6. The van der Waals surface area contributed by atoms with Gasteiger partial charge in [-0.05, 0) is 44.9 Å². The monoisotopic (exact) mass is 365 g/mol. The van der Waals surface area contributed by atoms with E-state index < -0.39 is 29.9 Å². The Bertz CT molecular complexity index is 795. The van der Waals surface area contributed by atoms with Crippen LogP contribution >= 0.6 is 0 Å². The molecule has 2 aromatic rings. The van der Waals surface area contributed by atoms with Crippen molar-refractivity contribution in [3.63, 3.8) is 0 Å². The number of amides is 1. The SMILES string of the molecule is CC(C)(C)OC(=O)NCCC(O)C(O)c1ccc2[nH]nc(C(=O)O)c2c1. The van der Waals surface area contributed by atoms with Crippen LogP contribution in [0.3, 0.4) is 0 Å². The molecule has 0 bridgehead atoms. The molecule has 9 heteroatoms. The molecule has 1 aromatic heterocycles. The fourth-order valence-corrected chi connectivity index (χ4v) is 2.39. The molecule has 1 amide bonds. The molecule has 0 saturated heterocycles. The summed E-state index contributed by atoms with van der Waals surface area (Å²) in [5.74, 6) is -1.19. The van der Waals surface area contributed by atoms with Gasteiger partial charge in [0.15, 0.2) is 5.69 Å². The van der Waals surface area contributed by atoms with Crippen molar-refractivity contribution in [2.75, 3.05) is 6.54 Å². The Labute approximate surface area is 150 Å². The highest BCUT2D eigenvalue weighted by Crippen LogP contribution is 2.24. The van der Waals surface area contributed by atoms with Crippen molar-refractivity contribution in [2.24, 2.45) is 0 Å². The first-order valence-corrected chi connectivity index (χ1v) is 8.13. The summed E-state index contributed by atoms with van der Waals surface area (Å²) in [5, 5.41) is 38.7. The summed E-state index contributed by atoms with van der Waals surface area (Å²) in [7, 11) is 0. The number of aliphatic hydroxyl groups is 2. The van der Waals surface area contributed by atoms with Crippen LogP contribution in [0, 0.1) is 0 Å². The number of H-pyrrole nitrogens is 1. The summed E-state index contributed by atoms with van der Waals surface area (Å²) in [5.41, 5.74) is 0.0880. The number of aromatic carboxylic acids is 1. The maximum Gasteiger partial charge on any atom is 0.407 e. The quantitative estimate of drug-likeness (QED) is 0.522. The van der Waals surface area contributed by atoms with E-state index in [1.54, 1.807) is 32.9 Å². The third-order valence-electron chi connectivity index (χ3n) is 3.60. The number of hydrogen-bond acceptors (Lipinski definition) is 6. The van der Waals surface area contributed by atoms with Crippen LogP contribution in [0.25, 0.3) is 10.9 Å². The Kier molecular flexibility index (Phi) is 5.83. The first-order chi connectivity index (χ1) is 12.1. The largest absolute Gasteiger partial charge is 0.476 e. The fourth-order valence-electron chi connectivity index (χ4n) is 2.39. The molecule has 142 valence electrons. The van der Waals surface area contributed by atoms with E-state index in [2.05, 4.69) is 15.5 Å². The zero-order valence-electron chi connectivity index (χ0n) is 14.8. The number of carbonyl (C=O) groups excluding carboxylic acids is 1. The maximum atomic E-state index is 11.6. The van der Waals surface area contributed by atoms with E-state index in [0.717, 1.165) is 0 Å². The molecule has 2 unspecified atom stereocenters. The Morgan fingerprint density at radius 3 is 2.62 bits per heavy atom. The van der Waals surface area contributed by atoms with E-state index >= 15 is 0 Å². The number of carboxylic acids is 1. The Hall–Kier alpha value is -2.65. The van der Waals surface area contributed by atoms with Crippen LogP contribution in [0.15, 0.2) is 18.2 Å². The van der Waals surface area contributed by atoms with Crippen molar-refractivity contribution in [3.05, 3.63) is 29.5 Å². The molecule has 2 atom stereocenters. The normalized spacial score (nSPS) is 14.0. The number of fused-ring (bicyclic) bond motifs is 1. The van der Waals surface area contributed by atoms with Crippen LogP contribution in [-0.2, 0) is 4.74 Å². The molecule has 5 N–H and O–H groups in total. The topological polar surface area (TPSA) is 145 Å². The van der Waals surface area contributed by atoms with E-state index in [0.29, 0.717) is 16.5 Å². The molecule has 0 spiro atoms. The highest BCUT2D eigenvalue weighted by Gasteiger charge is 2.21. The number of aromatic nitrogens is 2. The highest BCUT2D eigenvalue weighted by molar-refractivity contribution is 6.01. The van der Waals surface area contributed by atoms with Crippen LogP contribution < -0.4 is 5.32 Å². The van der Waals surface area contributed by atoms with Crippen LogP contribution in [-0.4, -0.2) is 55.8 Å². The lowest BCUT2D eigenvalue weighted by Crippen LogP contribution is -2.34. The third-order valence-corrected chi connectivity index (χ3v) is 3.60. The van der Waals surface area contributed by atoms with Gasteiger partial charge < -0.3 is 25.4 Å². The summed E-state index contributed by atoms with van der Waals surface area (Å²) < 4.78 is 5.08. The molecule has 1 heterocycles. The molecular weight excluding hydrogens is 342 g/mol. The van der Waals surface area contributed by atoms with E-state index in [9.17, 15) is 19.8 Å². The van der Waals surface area contributed by atoms with Crippen molar-refractivity contribution < 1.29 is 29.6 Å². The summed E-state index contributed by atoms with van der Waals surface area (Å²) in [6.45, 7) is 5.33. The number of alkyl carbamates (subject to hydrolysis) is 1. The van der Waals surface area contributed by atoms with Crippen LogP contribution in [0.1, 0.15) is 49.3 Å². The summed E-state index contributed by atoms with van der Waals surface area (Å²) in [4.78, 5) is 22.7. The van der Waals surface area contributed by atoms with Gasteiger partial charge in [-0.2, -0.15) is 5.10 Å². The van der Waals surface area contributed by atoms with Crippen LogP contribution in [0.5, 0.6) is 0 Å². The number of nitrogens with zero attached hydrogens (tertiary/aromatic N) is 1. The van der Waals surface area contributed by atoms with Gasteiger partial charge in [-0.3, -0.25) is 5.10 Å². The van der Waals surface area contributed by atoms with Crippen molar-refractivity contribution in [3.8, 4) is 0 Å². The average molecular weight is 365 g/mol. The third kappa shape index (κ3) is 4.93. The van der Waals surface area contributed by atoms with Gasteiger partial charge >= 0.3 is 12.1 Å². The molecule has 0 radical (unpaired) electrons. The van der Waals surface area contributed by atoms with Crippen molar-refractivity contribution in [1.29, 1.82) is 0 Å². The fraction of sp³-hybridized carbons (Fsp3) is 0.471. The molecule has 1 aromatic carbocycles. The number of benzene rings is 1. The predicted octanol–water partition coefficient (Wildman–Crippen LogP) is 1.57. The summed E-state index contributed by atoms with van der Waals surface area (Å²) in [6.07, 6.45) is -2.90. The van der Waals surface area contributed by atoms with Gasteiger partial charge in [-0.1, -0.05) is 6.07 Å². The van der Waals surface area contributed by atoms with Gasteiger partial charge in [0.25, 0.3) is 0 Å². The number of aliphatic hydroxyl groups excluding tert-OH is 2. The number of ether oxygens (including phenoxy) is 1. The lowest BCUT2D eigenvalue weighted by Gasteiger charge is -2.21. The first kappa shape index (κ1) is 19.7. The molecule has 2 rings (SSSR count). The summed E-state index contributed by atoms with van der Waals surface area (Å²) in [6, 6.07) is 4.62. The zero-order chi connectivity index (χ0) is 19.5. The number of rotatable bonds is 6. The highest BCUT2D eigenvalue weighted by atomic mass is 16.6. The smallest absolute Gasteiger partial charge is 0.407 e. The second kappa shape index (κ2) is 7.71. The number of nitrogens with one attached hydrogen (secondary N) is 2. The second-order valence-corrected chi connectivity index (χ2v) is 6.91. The number of carbonyl (C=O) groups is 2. The lowest BCUT2D eigenvalue weighted by molar-refractivity contribution is 0.0124. The van der Waals surface area contributed by atoms with Gasteiger partial charge in [-0.15, -0.1) is 0 Å². The number of aromatic amines is 1. The van der Waals surface area contributed by atoms with Gasteiger partial charge in [0.1, 0.15) is 11.7 Å². The molecule has 26 heavy (non-hydrogen) atoms. The molecule has 0 saturated carbocycles. The summed E-state index contributed by atoms with van der Waals surface area (Å²) >= 11 is 0. The minimum atomic E-state index is -1.24. The van der Waals surface area contributed by atoms with E-state index in [-0.39, 0.29) is 18.7 Å². The zero-order valence-corrected chi connectivity index (χ0v) is 14.8. The van der Waals surface area contributed by atoms with Crippen LogP contribution in [0.4, 0.5) is 4.79 Å². The van der Waals surface area contributed by atoms with Gasteiger partial charge in [0, 0.05) is 11.9 Å². The van der Waals surface area contributed by atoms with Crippen LogP contribution in [0.2, 0.25) is 0 Å². The van der Waals surface area contributed by atoms with E-state index in [1.807, 2.05) is 0 Å². The molecule has 9 nitrogen and oxygen atoms in total. The minimum Gasteiger partial charge on any atom is -0.476 e. The Balaban J connectivity index is 1.98. The van der Waals surface area contributed by atoms with Crippen molar-refractivity contribution in [2.45, 2.75) is 45.0 Å².